The minimum absolute atomic E-state index is 0.232. The zero-order valence-corrected chi connectivity index (χ0v) is 11.8. The molecule has 2 aromatic carbocycles. The fourth-order valence-corrected chi connectivity index (χ4v) is 2.70. The van der Waals surface area contributed by atoms with Crippen molar-refractivity contribution in [3.05, 3.63) is 47.5 Å². The summed E-state index contributed by atoms with van der Waals surface area (Å²) >= 11 is 1.61. The standard InChI is InChI=1S/C15H14N2O2S/c1-19-12-4-2-10(14(18)7-12)8-16-11-3-5-13-15(6-11)20-9-17-13/h2-7,9,16,18H,8H2,1H3. The Labute approximate surface area is 120 Å². The molecule has 0 fully saturated rings. The highest BCUT2D eigenvalue weighted by atomic mass is 32.1. The molecule has 0 unspecified atom stereocenters. The van der Waals surface area contributed by atoms with Crippen molar-refractivity contribution in [1.29, 1.82) is 0 Å². The average Bonchev–Trinajstić information content (AvgIpc) is 2.93. The number of hydrogen-bond donors (Lipinski definition) is 2. The van der Waals surface area contributed by atoms with Crippen LogP contribution >= 0.6 is 11.3 Å². The summed E-state index contributed by atoms with van der Waals surface area (Å²) in [5.41, 5.74) is 4.68. The highest BCUT2D eigenvalue weighted by molar-refractivity contribution is 7.16. The predicted molar refractivity (Wildman–Crippen MR) is 81.6 cm³/mol. The van der Waals surface area contributed by atoms with Crippen LogP contribution in [0.5, 0.6) is 11.5 Å². The van der Waals surface area contributed by atoms with Crippen molar-refractivity contribution in [2.24, 2.45) is 0 Å². The van der Waals surface area contributed by atoms with E-state index in [1.54, 1.807) is 24.5 Å². The van der Waals surface area contributed by atoms with Crippen LogP contribution in [0.1, 0.15) is 5.56 Å². The lowest BCUT2D eigenvalue weighted by atomic mass is 10.2. The molecule has 0 saturated carbocycles. The first-order valence-corrected chi connectivity index (χ1v) is 7.07. The molecule has 0 aliphatic carbocycles. The molecule has 0 amide bonds. The number of aromatic hydroxyl groups is 1. The SMILES string of the molecule is COc1ccc(CNc2ccc3ncsc3c2)c(O)c1. The van der Waals surface area contributed by atoms with E-state index in [9.17, 15) is 5.11 Å². The van der Waals surface area contributed by atoms with Crippen LogP contribution in [0.25, 0.3) is 10.2 Å². The maximum atomic E-state index is 9.91. The van der Waals surface area contributed by atoms with Gasteiger partial charge >= 0.3 is 0 Å². The van der Waals surface area contributed by atoms with E-state index >= 15 is 0 Å². The molecule has 20 heavy (non-hydrogen) atoms. The van der Waals surface area contributed by atoms with E-state index in [1.807, 2.05) is 29.8 Å². The van der Waals surface area contributed by atoms with Crippen molar-refractivity contribution in [1.82, 2.24) is 4.98 Å². The first-order valence-electron chi connectivity index (χ1n) is 6.19. The largest absolute Gasteiger partial charge is 0.507 e. The quantitative estimate of drug-likeness (QED) is 0.769. The molecule has 0 saturated heterocycles. The molecule has 0 radical (unpaired) electrons. The van der Waals surface area contributed by atoms with Crippen molar-refractivity contribution in [3.63, 3.8) is 0 Å². The average molecular weight is 286 g/mol. The number of phenolic OH excluding ortho intramolecular Hbond substituents is 1. The monoisotopic (exact) mass is 286 g/mol. The summed E-state index contributed by atoms with van der Waals surface area (Å²) in [5.74, 6) is 0.882. The van der Waals surface area contributed by atoms with Crippen LogP contribution in [-0.2, 0) is 6.54 Å². The van der Waals surface area contributed by atoms with E-state index in [4.69, 9.17) is 4.74 Å². The van der Waals surface area contributed by atoms with Crippen LogP contribution in [0.3, 0.4) is 0 Å². The highest BCUT2D eigenvalue weighted by Crippen LogP contribution is 2.25. The lowest BCUT2D eigenvalue weighted by Crippen LogP contribution is -1.99. The number of aromatic nitrogens is 1. The molecule has 2 N–H and O–H groups in total. The minimum atomic E-state index is 0.232. The molecule has 0 aliphatic rings. The van der Waals surface area contributed by atoms with Crippen LogP contribution in [0.2, 0.25) is 0 Å². The number of benzene rings is 2. The first-order chi connectivity index (χ1) is 9.76. The molecule has 3 rings (SSSR count). The number of hydrogen-bond acceptors (Lipinski definition) is 5. The maximum Gasteiger partial charge on any atom is 0.124 e. The van der Waals surface area contributed by atoms with Gasteiger partial charge in [0.25, 0.3) is 0 Å². The van der Waals surface area contributed by atoms with Gasteiger partial charge in [-0.15, -0.1) is 11.3 Å². The van der Waals surface area contributed by atoms with E-state index in [2.05, 4.69) is 16.4 Å². The summed E-state index contributed by atoms with van der Waals surface area (Å²) in [6.45, 7) is 0.556. The van der Waals surface area contributed by atoms with Crippen LogP contribution in [0, 0.1) is 0 Å². The second-order valence-electron chi connectivity index (χ2n) is 4.38. The Balaban J connectivity index is 1.75. The van der Waals surface area contributed by atoms with Crippen LogP contribution in [-0.4, -0.2) is 17.2 Å². The fourth-order valence-electron chi connectivity index (χ4n) is 1.98. The summed E-state index contributed by atoms with van der Waals surface area (Å²) < 4.78 is 6.21. The number of anilines is 1. The van der Waals surface area contributed by atoms with Crippen LogP contribution in [0.4, 0.5) is 5.69 Å². The molecule has 1 heterocycles. The molecule has 0 atom stereocenters. The molecule has 0 aliphatic heterocycles. The first kappa shape index (κ1) is 12.7. The normalized spacial score (nSPS) is 10.7. The fraction of sp³-hybridized carbons (Fsp3) is 0.133. The van der Waals surface area contributed by atoms with Gasteiger partial charge in [-0.25, -0.2) is 4.98 Å². The number of thiazole rings is 1. The summed E-state index contributed by atoms with van der Waals surface area (Å²) in [6, 6.07) is 11.3. The minimum Gasteiger partial charge on any atom is -0.507 e. The van der Waals surface area contributed by atoms with Gasteiger partial charge in [-0.2, -0.15) is 0 Å². The lowest BCUT2D eigenvalue weighted by molar-refractivity contribution is 0.406. The Kier molecular flexibility index (Phi) is 3.43. The Morgan fingerprint density at radius 2 is 2.15 bits per heavy atom. The van der Waals surface area contributed by atoms with Crippen molar-refractivity contribution in [3.8, 4) is 11.5 Å². The number of nitrogens with one attached hydrogen (secondary N) is 1. The summed E-state index contributed by atoms with van der Waals surface area (Å²) in [4.78, 5) is 4.25. The zero-order valence-electron chi connectivity index (χ0n) is 11.0. The third kappa shape index (κ3) is 2.53. The molecule has 102 valence electrons. The molecule has 4 nitrogen and oxygen atoms in total. The van der Waals surface area contributed by atoms with Crippen molar-refractivity contribution in [2.45, 2.75) is 6.54 Å². The second kappa shape index (κ2) is 5.38. The van der Waals surface area contributed by atoms with Gasteiger partial charge < -0.3 is 15.2 Å². The van der Waals surface area contributed by atoms with E-state index in [-0.39, 0.29) is 5.75 Å². The third-order valence-electron chi connectivity index (χ3n) is 3.11. The second-order valence-corrected chi connectivity index (χ2v) is 5.27. The van der Waals surface area contributed by atoms with E-state index in [1.165, 1.54) is 0 Å². The molecule has 0 bridgehead atoms. The van der Waals surface area contributed by atoms with Gasteiger partial charge in [0.05, 0.1) is 22.8 Å². The third-order valence-corrected chi connectivity index (χ3v) is 3.90. The number of fused-ring (bicyclic) bond motifs is 1. The van der Waals surface area contributed by atoms with E-state index in [0.29, 0.717) is 12.3 Å². The van der Waals surface area contributed by atoms with Gasteiger partial charge in [0, 0.05) is 23.9 Å². The van der Waals surface area contributed by atoms with Crippen LogP contribution < -0.4 is 10.1 Å². The highest BCUT2D eigenvalue weighted by Gasteiger charge is 2.04. The Hall–Kier alpha value is -2.27. The van der Waals surface area contributed by atoms with Crippen LogP contribution in [0.15, 0.2) is 41.9 Å². The summed E-state index contributed by atoms with van der Waals surface area (Å²) in [7, 11) is 1.58. The molecule has 5 heteroatoms. The van der Waals surface area contributed by atoms with Crippen molar-refractivity contribution < 1.29 is 9.84 Å². The summed E-state index contributed by atoms with van der Waals surface area (Å²) in [5, 5.41) is 13.2. The van der Waals surface area contributed by atoms with E-state index < -0.39 is 0 Å². The maximum absolute atomic E-state index is 9.91. The number of rotatable bonds is 4. The van der Waals surface area contributed by atoms with Gasteiger partial charge in [0.2, 0.25) is 0 Å². The Morgan fingerprint density at radius 3 is 2.95 bits per heavy atom. The smallest absolute Gasteiger partial charge is 0.124 e. The van der Waals surface area contributed by atoms with Gasteiger partial charge in [0.15, 0.2) is 0 Å². The molecule has 1 aromatic heterocycles. The van der Waals surface area contributed by atoms with Gasteiger partial charge in [0.1, 0.15) is 11.5 Å². The Morgan fingerprint density at radius 1 is 1.25 bits per heavy atom. The van der Waals surface area contributed by atoms with Gasteiger partial charge in [-0.1, -0.05) is 0 Å². The predicted octanol–water partition coefficient (Wildman–Crippen LogP) is 3.62. The van der Waals surface area contributed by atoms with E-state index in [0.717, 1.165) is 21.5 Å². The molecule has 3 aromatic rings. The van der Waals surface area contributed by atoms with Crippen molar-refractivity contribution in [2.75, 3.05) is 12.4 Å². The number of phenols is 1. The molecule has 0 spiro atoms. The zero-order chi connectivity index (χ0) is 13.9. The van der Waals surface area contributed by atoms with Crippen molar-refractivity contribution >= 4 is 27.2 Å². The molecular weight excluding hydrogens is 272 g/mol. The topological polar surface area (TPSA) is 54.4 Å². The number of ether oxygens (including phenoxy) is 1. The Bertz CT molecular complexity index is 740. The number of nitrogens with zero attached hydrogens (tertiary/aromatic N) is 1. The summed E-state index contributed by atoms with van der Waals surface area (Å²) in [6.07, 6.45) is 0. The lowest BCUT2D eigenvalue weighted by Gasteiger charge is -2.09. The number of methoxy groups -OCH3 is 1. The molecular formula is C15H14N2O2S. The van der Waals surface area contributed by atoms with Gasteiger partial charge in [-0.05, 0) is 30.3 Å². The van der Waals surface area contributed by atoms with Gasteiger partial charge in [-0.3, -0.25) is 0 Å².